The largest absolute Gasteiger partial charge is 0.359 e. The molecule has 2 nitrogen and oxygen atoms in total. The van der Waals surface area contributed by atoms with E-state index in [4.69, 9.17) is 23.8 Å². The number of fused-ring (bicyclic) bond motifs is 2. The third kappa shape index (κ3) is 2.52. The maximum atomic E-state index is 5.94. The lowest BCUT2D eigenvalue weighted by atomic mass is 10.0. The molecule has 3 atom stereocenters. The van der Waals surface area contributed by atoms with Crippen LogP contribution in [0.4, 0.5) is 5.69 Å². The van der Waals surface area contributed by atoms with Gasteiger partial charge in [0.15, 0.2) is 5.11 Å². The molecule has 1 aromatic carbocycles. The Balaban J connectivity index is 1.58. The number of benzene rings is 1. The van der Waals surface area contributed by atoms with Crippen molar-refractivity contribution in [2.75, 3.05) is 5.32 Å². The number of nitrogens with one attached hydrogen (secondary N) is 2. The van der Waals surface area contributed by atoms with Gasteiger partial charge in [-0.05, 0) is 55.1 Å². The zero-order chi connectivity index (χ0) is 12.5. The normalized spacial score (nSPS) is 28.4. The van der Waals surface area contributed by atoms with Gasteiger partial charge in [-0.15, -0.1) is 0 Å². The summed E-state index contributed by atoms with van der Waals surface area (Å²) >= 11 is 11.3. The molecule has 0 heterocycles. The maximum absolute atomic E-state index is 5.94. The zero-order valence-electron chi connectivity index (χ0n) is 9.90. The summed E-state index contributed by atoms with van der Waals surface area (Å²) in [5.74, 6) is 1.40. The summed E-state index contributed by atoms with van der Waals surface area (Å²) in [6.07, 6.45) is 7.11. The summed E-state index contributed by atoms with van der Waals surface area (Å²) in [7, 11) is 0. The van der Waals surface area contributed by atoms with Crippen LogP contribution in [0.15, 0.2) is 36.4 Å². The molecule has 0 saturated heterocycles. The first-order valence-corrected chi connectivity index (χ1v) is 7.01. The Kier molecular flexibility index (Phi) is 3.27. The van der Waals surface area contributed by atoms with Crippen molar-refractivity contribution in [2.24, 2.45) is 11.8 Å². The second-order valence-corrected chi connectivity index (χ2v) is 5.84. The minimum absolute atomic E-state index is 0.485. The lowest BCUT2D eigenvalue weighted by Crippen LogP contribution is -2.40. The van der Waals surface area contributed by atoms with Crippen molar-refractivity contribution in [3.63, 3.8) is 0 Å². The highest BCUT2D eigenvalue weighted by atomic mass is 35.5. The second kappa shape index (κ2) is 4.90. The Morgan fingerprint density at radius 3 is 2.83 bits per heavy atom. The Bertz CT molecular complexity index is 500. The van der Waals surface area contributed by atoms with Gasteiger partial charge in [0.25, 0.3) is 0 Å². The van der Waals surface area contributed by atoms with Gasteiger partial charge in [0.2, 0.25) is 0 Å². The van der Waals surface area contributed by atoms with Gasteiger partial charge in [0.1, 0.15) is 0 Å². The molecule has 2 aliphatic carbocycles. The number of thiocarbonyl (C=S) groups is 1. The molecule has 1 fully saturated rings. The maximum Gasteiger partial charge on any atom is 0.171 e. The van der Waals surface area contributed by atoms with Gasteiger partial charge in [0, 0.05) is 16.8 Å². The van der Waals surface area contributed by atoms with E-state index in [2.05, 4.69) is 22.8 Å². The van der Waals surface area contributed by atoms with Crippen molar-refractivity contribution < 1.29 is 0 Å². The Hall–Kier alpha value is -1.06. The van der Waals surface area contributed by atoms with Crippen LogP contribution in [0, 0.1) is 11.8 Å². The van der Waals surface area contributed by atoms with Crippen LogP contribution < -0.4 is 10.6 Å². The lowest BCUT2D eigenvalue weighted by molar-refractivity contribution is 0.526. The highest BCUT2D eigenvalue weighted by Gasteiger charge is 2.35. The van der Waals surface area contributed by atoms with E-state index >= 15 is 0 Å². The molecule has 0 radical (unpaired) electrons. The SMILES string of the molecule is S=C(Nc1cccc(Cl)c1)N[C@H]1C[C@@H]2C=C[C@H]1C2. The van der Waals surface area contributed by atoms with Crippen molar-refractivity contribution in [3.05, 3.63) is 41.4 Å². The number of hydrogen-bond donors (Lipinski definition) is 2. The smallest absolute Gasteiger partial charge is 0.171 e. The summed E-state index contributed by atoms with van der Waals surface area (Å²) < 4.78 is 0. The van der Waals surface area contributed by atoms with Crippen molar-refractivity contribution in [2.45, 2.75) is 18.9 Å². The highest BCUT2D eigenvalue weighted by Crippen LogP contribution is 2.38. The van der Waals surface area contributed by atoms with Crippen molar-refractivity contribution in [1.82, 2.24) is 5.32 Å². The van der Waals surface area contributed by atoms with Crippen LogP contribution in [0.1, 0.15) is 12.8 Å². The summed E-state index contributed by atoms with van der Waals surface area (Å²) in [4.78, 5) is 0. The topological polar surface area (TPSA) is 24.1 Å². The van der Waals surface area contributed by atoms with E-state index in [1.54, 1.807) is 0 Å². The molecule has 0 aliphatic heterocycles. The number of hydrogen-bond acceptors (Lipinski definition) is 1. The Morgan fingerprint density at radius 2 is 2.17 bits per heavy atom. The van der Waals surface area contributed by atoms with Crippen molar-refractivity contribution in [3.8, 4) is 0 Å². The Labute approximate surface area is 117 Å². The molecule has 94 valence electrons. The first-order chi connectivity index (χ1) is 8.70. The molecule has 18 heavy (non-hydrogen) atoms. The number of allylic oxidation sites excluding steroid dienone is 1. The van der Waals surface area contributed by atoms with Crippen molar-refractivity contribution in [1.29, 1.82) is 0 Å². The second-order valence-electron chi connectivity index (χ2n) is 5.00. The molecule has 2 bridgehead atoms. The van der Waals surface area contributed by atoms with Gasteiger partial charge in [-0.1, -0.05) is 29.8 Å². The van der Waals surface area contributed by atoms with Gasteiger partial charge in [-0.2, -0.15) is 0 Å². The van der Waals surface area contributed by atoms with Crippen LogP contribution in [0.2, 0.25) is 5.02 Å². The van der Waals surface area contributed by atoms with Crippen LogP contribution >= 0.6 is 23.8 Å². The number of rotatable bonds is 2. The fourth-order valence-corrected chi connectivity index (χ4v) is 3.31. The highest BCUT2D eigenvalue weighted by molar-refractivity contribution is 7.80. The molecule has 1 aromatic rings. The quantitative estimate of drug-likeness (QED) is 0.639. The zero-order valence-corrected chi connectivity index (χ0v) is 11.5. The van der Waals surface area contributed by atoms with Crippen LogP contribution in [0.3, 0.4) is 0 Å². The third-order valence-corrected chi connectivity index (χ3v) is 4.13. The fourth-order valence-electron chi connectivity index (χ4n) is 2.85. The minimum atomic E-state index is 0.485. The summed E-state index contributed by atoms with van der Waals surface area (Å²) in [5.41, 5.74) is 0.929. The molecule has 3 rings (SSSR count). The molecule has 0 spiro atoms. The average Bonchev–Trinajstić information content (AvgIpc) is 2.90. The fraction of sp³-hybridized carbons (Fsp3) is 0.357. The predicted octanol–water partition coefficient (Wildman–Crippen LogP) is 3.59. The van der Waals surface area contributed by atoms with Crippen LogP contribution in [-0.2, 0) is 0 Å². The van der Waals surface area contributed by atoms with E-state index < -0.39 is 0 Å². The molecule has 4 heteroatoms. The van der Waals surface area contributed by atoms with Crippen LogP contribution in [0.25, 0.3) is 0 Å². The summed E-state index contributed by atoms with van der Waals surface area (Å²) in [6, 6.07) is 8.08. The molecular formula is C14H15ClN2S. The monoisotopic (exact) mass is 278 g/mol. The molecule has 2 N–H and O–H groups in total. The molecule has 1 saturated carbocycles. The van der Waals surface area contributed by atoms with Gasteiger partial charge in [-0.3, -0.25) is 0 Å². The van der Waals surface area contributed by atoms with E-state index in [0.29, 0.717) is 22.1 Å². The molecule has 0 amide bonds. The van der Waals surface area contributed by atoms with E-state index in [1.807, 2.05) is 24.3 Å². The number of halogens is 1. The van der Waals surface area contributed by atoms with Gasteiger partial charge in [-0.25, -0.2) is 0 Å². The standard InChI is InChI=1S/C14H15ClN2S/c15-11-2-1-3-12(8-11)16-14(18)17-13-7-9-4-5-10(13)6-9/h1-5,8-10,13H,6-7H2,(H2,16,17,18)/t9-,10+,13+/m1/s1. The Morgan fingerprint density at radius 1 is 1.28 bits per heavy atom. The van der Waals surface area contributed by atoms with Crippen molar-refractivity contribution >= 4 is 34.6 Å². The van der Waals surface area contributed by atoms with Gasteiger partial charge in [0.05, 0.1) is 0 Å². The third-order valence-electron chi connectivity index (χ3n) is 3.68. The number of anilines is 1. The first kappa shape index (κ1) is 12.0. The average molecular weight is 279 g/mol. The van der Waals surface area contributed by atoms with Crippen LogP contribution in [-0.4, -0.2) is 11.2 Å². The van der Waals surface area contributed by atoms with E-state index in [0.717, 1.165) is 11.6 Å². The molecule has 2 aliphatic rings. The molecular weight excluding hydrogens is 264 g/mol. The molecule has 0 aromatic heterocycles. The summed E-state index contributed by atoms with van der Waals surface area (Å²) in [6.45, 7) is 0. The van der Waals surface area contributed by atoms with E-state index in [-0.39, 0.29) is 0 Å². The minimum Gasteiger partial charge on any atom is -0.359 e. The van der Waals surface area contributed by atoms with Gasteiger partial charge < -0.3 is 10.6 Å². The predicted molar refractivity (Wildman–Crippen MR) is 80.0 cm³/mol. The first-order valence-electron chi connectivity index (χ1n) is 6.22. The molecule has 0 unspecified atom stereocenters. The summed E-state index contributed by atoms with van der Waals surface area (Å²) in [5, 5.41) is 7.98. The lowest BCUT2D eigenvalue weighted by Gasteiger charge is -2.21. The van der Waals surface area contributed by atoms with E-state index in [9.17, 15) is 0 Å². The van der Waals surface area contributed by atoms with Gasteiger partial charge >= 0.3 is 0 Å². The van der Waals surface area contributed by atoms with Crippen LogP contribution in [0.5, 0.6) is 0 Å². The van der Waals surface area contributed by atoms with E-state index in [1.165, 1.54) is 12.8 Å².